The maximum absolute atomic E-state index is 12.0. The minimum Gasteiger partial charge on any atom is -0.489 e. The van der Waals surface area contributed by atoms with Crippen LogP contribution in [0.3, 0.4) is 0 Å². The Morgan fingerprint density at radius 1 is 1.37 bits per heavy atom. The molecule has 1 unspecified atom stereocenters. The molecular weight excluding hydrogens is 244 g/mol. The Hall–Kier alpha value is -2.04. The van der Waals surface area contributed by atoms with Gasteiger partial charge in [0.25, 0.3) is 0 Å². The summed E-state index contributed by atoms with van der Waals surface area (Å²) in [4.78, 5) is 25.3. The Labute approximate surface area is 111 Å². The number of nitrogens with one attached hydrogen (secondary N) is 1. The summed E-state index contributed by atoms with van der Waals surface area (Å²) in [6, 6.07) is 5.64. The first-order valence-electron chi connectivity index (χ1n) is 6.49. The van der Waals surface area contributed by atoms with Gasteiger partial charge in [-0.15, -0.1) is 0 Å². The number of para-hydroxylation sites is 1. The van der Waals surface area contributed by atoms with Crippen molar-refractivity contribution in [3.8, 4) is 5.75 Å². The number of amides is 2. The first kappa shape index (κ1) is 12.0. The molecule has 0 aromatic heterocycles. The van der Waals surface area contributed by atoms with Crippen LogP contribution < -0.4 is 15.0 Å². The van der Waals surface area contributed by atoms with Gasteiger partial charge in [-0.25, -0.2) is 0 Å². The van der Waals surface area contributed by atoms with E-state index < -0.39 is 0 Å². The van der Waals surface area contributed by atoms with E-state index in [0.717, 1.165) is 17.0 Å². The molecule has 2 aliphatic heterocycles. The quantitative estimate of drug-likeness (QED) is 0.765. The van der Waals surface area contributed by atoms with E-state index >= 15 is 0 Å². The number of fused-ring (bicyclic) bond motifs is 1. The number of piperidine rings is 1. The average Bonchev–Trinajstić information content (AvgIpc) is 2.39. The van der Waals surface area contributed by atoms with Gasteiger partial charge in [0.05, 0.1) is 12.2 Å². The third-order valence-corrected chi connectivity index (χ3v) is 3.67. The number of hydrogen-bond acceptors (Lipinski definition) is 4. The molecule has 5 nitrogen and oxygen atoms in total. The Morgan fingerprint density at radius 3 is 3.00 bits per heavy atom. The van der Waals surface area contributed by atoms with E-state index in [4.69, 9.17) is 4.74 Å². The Bertz CT molecular complexity index is 541. The highest BCUT2D eigenvalue weighted by atomic mass is 16.5. The Morgan fingerprint density at radius 2 is 2.21 bits per heavy atom. The molecule has 1 N–H and O–H groups in total. The molecule has 0 radical (unpaired) electrons. The van der Waals surface area contributed by atoms with Crippen LogP contribution in [0.4, 0.5) is 5.69 Å². The van der Waals surface area contributed by atoms with Gasteiger partial charge in [-0.05, 0) is 25.0 Å². The molecule has 0 saturated carbocycles. The van der Waals surface area contributed by atoms with Crippen molar-refractivity contribution in [2.45, 2.75) is 25.8 Å². The highest BCUT2D eigenvalue weighted by Crippen LogP contribution is 2.36. The highest BCUT2D eigenvalue weighted by molar-refractivity contribution is 6.01. The largest absolute Gasteiger partial charge is 0.489 e. The summed E-state index contributed by atoms with van der Waals surface area (Å²) >= 11 is 0. The molecule has 2 aliphatic rings. The van der Waals surface area contributed by atoms with Crippen LogP contribution in [-0.2, 0) is 9.59 Å². The minimum absolute atomic E-state index is 0.182. The van der Waals surface area contributed by atoms with Crippen LogP contribution in [0.1, 0.15) is 18.4 Å². The Balaban J connectivity index is 1.93. The molecule has 5 heteroatoms. The fourth-order valence-electron chi connectivity index (χ4n) is 2.72. The number of imide groups is 1. The number of rotatable bonds is 1. The van der Waals surface area contributed by atoms with Gasteiger partial charge in [0, 0.05) is 6.42 Å². The van der Waals surface area contributed by atoms with Crippen molar-refractivity contribution in [1.82, 2.24) is 5.32 Å². The van der Waals surface area contributed by atoms with Gasteiger partial charge >= 0.3 is 0 Å². The van der Waals surface area contributed by atoms with Crippen LogP contribution in [0.25, 0.3) is 0 Å². The zero-order valence-electron chi connectivity index (χ0n) is 10.8. The maximum Gasteiger partial charge on any atom is 0.249 e. The lowest BCUT2D eigenvalue weighted by atomic mass is 10.0. The van der Waals surface area contributed by atoms with Crippen molar-refractivity contribution in [1.29, 1.82) is 0 Å². The van der Waals surface area contributed by atoms with Gasteiger partial charge in [0.1, 0.15) is 18.4 Å². The predicted octanol–water partition coefficient (Wildman–Crippen LogP) is 0.999. The van der Waals surface area contributed by atoms with Gasteiger partial charge in [-0.3, -0.25) is 14.9 Å². The molecule has 3 rings (SSSR count). The second kappa shape index (κ2) is 4.57. The van der Waals surface area contributed by atoms with Gasteiger partial charge in [-0.2, -0.15) is 0 Å². The van der Waals surface area contributed by atoms with Gasteiger partial charge in [0.2, 0.25) is 11.8 Å². The number of anilines is 1. The van der Waals surface area contributed by atoms with Gasteiger partial charge < -0.3 is 9.64 Å². The van der Waals surface area contributed by atoms with Crippen molar-refractivity contribution in [3.63, 3.8) is 0 Å². The van der Waals surface area contributed by atoms with Crippen LogP contribution in [0.2, 0.25) is 0 Å². The Kier molecular flexibility index (Phi) is 2.89. The zero-order valence-corrected chi connectivity index (χ0v) is 10.8. The lowest BCUT2D eigenvalue weighted by Crippen LogP contribution is -2.54. The summed E-state index contributed by atoms with van der Waals surface area (Å²) in [5.74, 6) is 0.461. The number of hydrogen-bond donors (Lipinski definition) is 1. The molecular formula is C14H16N2O3. The summed E-state index contributed by atoms with van der Waals surface area (Å²) in [6.45, 7) is 3.23. The molecule has 2 amide bonds. The van der Waals surface area contributed by atoms with Crippen molar-refractivity contribution in [2.24, 2.45) is 0 Å². The molecule has 19 heavy (non-hydrogen) atoms. The number of carbonyl (C=O) groups excluding carboxylic acids is 2. The normalized spacial score (nSPS) is 22.6. The van der Waals surface area contributed by atoms with E-state index in [1.165, 1.54) is 0 Å². The second-order valence-corrected chi connectivity index (χ2v) is 4.93. The second-order valence-electron chi connectivity index (χ2n) is 4.93. The molecule has 1 aromatic rings. The molecule has 2 heterocycles. The van der Waals surface area contributed by atoms with E-state index in [1.807, 2.05) is 30.0 Å². The van der Waals surface area contributed by atoms with E-state index in [-0.39, 0.29) is 17.9 Å². The van der Waals surface area contributed by atoms with E-state index in [1.54, 1.807) is 0 Å². The first-order valence-corrected chi connectivity index (χ1v) is 6.49. The van der Waals surface area contributed by atoms with Crippen LogP contribution in [0.15, 0.2) is 18.2 Å². The van der Waals surface area contributed by atoms with Crippen molar-refractivity contribution in [3.05, 3.63) is 23.8 Å². The summed E-state index contributed by atoms with van der Waals surface area (Å²) in [5, 5.41) is 2.41. The fraction of sp³-hybridized carbons (Fsp3) is 0.429. The standard InChI is InChI=1S/C14H16N2O3/c1-9-3-2-4-10-13(9)19-8-7-16(10)11-5-6-12(17)15-14(11)18/h2-4,11H,5-8H2,1H3,(H,15,17,18). The summed E-state index contributed by atoms with van der Waals surface area (Å²) in [7, 11) is 0. The van der Waals surface area contributed by atoms with Crippen molar-refractivity contribution in [2.75, 3.05) is 18.1 Å². The minimum atomic E-state index is -0.276. The SMILES string of the molecule is Cc1cccc2c1OCCN2C1CCC(=O)NC1=O. The van der Waals surface area contributed by atoms with Gasteiger partial charge in [0.15, 0.2) is 0 Å². The van der Waals surface area contributed by atoms with E-state index in [9.17, 15) is 9.59 Å². The first-order chi connectivity index (χ1) is 9.16. The number of ether oxygens (including phenoxy) is 1. The summed E-state index contributed by atoms with van der Waals surface area (Å²) in [5.41, 5.74) is 2.01. The van der Waals surface area contributed by atoms with Crippen LogP contribution in [0, 0.1) is 6.92 Å². The average molecular weight is 260 g/mol. The number of nitrogens with zero attached hydrogens (tertiary/aromatic N) is 1. The predicted molar refractivity (Wildman–Crippen MR) is 70.2 cm³/mol. The fourth-order valence-corrected chi connectivity index (χ4v) is 2.72. The van der Waals surface area contributed by atoms with Crippen molar-refractivity contribution < 1.29 is 14.3 Å². The third-order valence-electron chi connectivity index (χ3n) is 3.67. The van der Waals surface area contributed by atoms with Gasteiger partial charge in [-0.1, -0.05) is 12.1 Å². The topological polar surface area (TPSA) is 58.6 Å². The lowest BCUT2D eigenvalue weighted by molar-refractivity contribution is -0.134. The molecule has 0 aliphatic carbocycles. The third kappa shape index (κ3) is 2.05. The maximum atomic E-state index is 12.0. The van der Waals surface area contributed by atoms with Crippen LogP contribution in [0.5, 0.6) is 5.75 Å². The smallest absolute Gasteiger partial charge is 0.249 e. The molecule has 0 spiro atoms. The number of benzene rings is 1. The number of carbonyl (C=O) groups is 2. The number of aryl methyl sites for hydroxylation is 1. The van der Waals surface area contributed by atoms with Crippen molar-refractivity contribution >= 4 is 17.5 Å². The molecule has 1 aromatic carbocycles. The monoisotopic (exact) mass is 260 g/mol. The molecule has 0 bridgehead atoms. The van der Waals surface area contributed by atoms with E-state index in [0.29, 0.717) is 26.0 Å². The molecule has 1 saturated heterocycles. The molecule has 100 valence electrons. The zero-order chi connectivity index (χ0) is 13.4. The van der Waals surface area contributed by atoms with Crippen LogP contribution in [-0.4, -0.2) is 31.0 Å². The molecule has 1 fully saturated rings. The highest BCUT2D eigenvalue weighted by Gasteiger charge is 2.34. The summed E-state index contributed by atoms with van der Waals surface area (Å²) in [6.07, 6.45) is 0.965. The van der Waals surface area contributed by atoms with E-state index in [2.05, 4.69) is 5.32 Å². The van der Waals surface area contributed by atoms with Crippen LogP contribution >= 0.6 is 0 Å². The lowest BCUT2D eigenvalue weighted by Gasteiger charge is -2.38. The molecule has 1 atom stereocenters. The summed E-state index contributed by atoms with van der Waals surface area (Å²) < 4.78 is 5.69.